The molecular formula is C27H27N5O3. The van der Waals surface area contributed by atoms with Crippen molar-refractivity contribution in [3.8, 4) is 0 Å². The predicted molar refractivity (Wildman–Crippen MR) is 132 cm³/mol. The van der Waals surface area contributed by atoms with Crippen LogP contribution in [0.15, 0.2) is 73.1 Å². The summed E-state index contributed by atoms with van der Waals surface area (Å²) in [6.07, 6.45) is 4.18. The van der Waals surface area contributed by atoms with E-state index in [0.717, 1.165) is 17.7 Å². The molecule has 2 aliphatic heterocycles. The molecule has 0 spiro atoms. The highest BCUT2D eigenvalue weighted by molar-refractivity contribution is 6.02. The molecule has 5 rings (SSSR count). The van der Waals surface area contributed by atoms with E-state index in [1.54, 1.807) is 41.6 Å². The van der Waals surface area contributed by atoms with Crippen molar-refractivity contribution in [2.24, 2.45) is 5.41 Å². The number of rotatable bonds is 6. The van der Waals surface area contributed by atoms with Crippen molar-refractivity contribution in [3.05, 3.63) is 95.3 Å². The van der Waals surface area contributed by atoms with Crippen LogP contribution in [0.3, 0.4) is 0 Å². The van der Waals surface area contributed by atoms with Gasteiger partial charge in [-0.1, -0.05) is 30.3 Å². The average Bonchev–Trinajstić information content (AvgIpc) is 3.56. The number of Topliss-reactive ketones (excluding diaryl/α,β-unsaturated/α-hetero) is 1. The van der Waals surface area contributed by atoms with Crippen molar-refractivity contribution >= 4 is 23.4 Å². The number of aromatic nitrogens is 1. The van der Waals surface area contributed by atoms with Crippen molar-refractivity contribution < 1.29 is 14.4 Å². The fourth-order valence-corrected chi connectivity index (χ4v) is 4.69. The fourth-order valence-electron chi connectivity index (χ4n) is 4.69. The van der Waals surface area contributed by atoms with Crippen molar-refractivity contribution in [2.45, 2.75) is 19.5 Å². The second kappa shape index (κ2) is 9.68. The number of nitrogens with zero attached hydrogens (tertiary/aromatic N) is 2. The highest BCUT2D eigenvalue weighted by atomic mass is 16.2. The standard InChI is InChI=1S/C27H27N5O3/c33-24(19-4-2-1-3-5-19)27(11-13-29-17-27)18-30-25(34)20-6-8-23(9-7-20)31-26(35)32-15-21-10-12-28-14-22(21)16-32/h1-10,12,14,29H,11,13,15-18H2,(H,30,34)(H,31,35)/t27-/m1/s1. The third-order valence-corrected chi connectivity index (χ3v) is 6.76. The van der Waals surface area contributed by atoms with Gasteiger partial charge in [0.2, 0.25) is 0 Å². The van der Waals surface area contributed by atoms with Gasteiger partial charge in [-0.3, -0.25) is 14.6 Å². The predicted octanol–water partition coefficient (Wildman–Crippen LogP) is 3.22. The number of pyridine rings is 1. The normalized spacial score (nSPS) is 18.7. The number of hydrogen-bond acceptors (Lipinski definition) is 5. The summed E-state index contributed by atoms with van der Waals surface area (Å²) in [5, 5.41) is 9.09. The van der Waals surface area contributed by atoms with Gasteiger partial charge in [-0.15, -0.1) is 0 Å². The number of carbonyl (C=O) groups excluding carboxylic acids is 3. The first-order chi connectivity index (χ1) is 17.0. The van der Waals surface area contributed by atoms with Crippen LogP contribution >= 0.6 is 0 Å². The first-order valence-electron chi connectivity index (χ1n) is 11.7. The molecule has 1 aromatic heterocycles. The Labute approximate surface area is 203 Å². The van der Waals surface area contributed by atoms with Crippen LogP contribution in [0, 0.1) is 5.41 Å². The highest BCUT2D eigenvalue weighted by Gasteiger charge is 2.41. The van der Waals surface area contributed by atoms with Gasteiger partial charge in [0.25, 0.3) is 5.91 Å². The lowest BCUT2D eigenvalue weighted by atomic mass is 9.79. The zero-order valence-electron chi connectivity index (χ0n) is 19.3. The summed E-state index contributed by atoms with van der Waals surface area (Å²) < 4.78 is 0. The molecule has 0 bridgehead atoms. The molecule has 8 nitrogen and oxygen atoms in total. The van der Waals surface area contributed by atoms with Crippen molar-refractivity contribution in [2.75, 3.05) is 25.0 Å². The summed E-state index contributed by atoms with van der Waals surface area (Å²) in [6, 6.07) is 17.7. The number of amides is 3. The average molecular weight is 470 g/mol. The van der Waals surface area contributed by atoms with E-state index in [1.165, 1.54) is 0 Å². The number of urea groups is 1. The fraction of sp³-hybridized carbons (Fsp3) is 0.259. The molecule has 3 heterocycles. The van der Waals surface area contributed by atoms with Crippen LogP contribution in [0.1, 0.15) is 38.3 Å². The van der Waals surface area contributed by atoms with Gasteiger partial charge in [-0.2, -0.15) is 0 Å². The quantitative estimate of drug-likeness (QED) is 0.481. The SMILES string of the molecule is O=C(NC[C@@]1(C(=O)c2ccccc2)CCNC1)c1ccc(NC(=O)N2Cc3ccncc3C2)cc1. The van der Waals surface area contributed by atoms with Crippen LogP contribution in [-0.4, -0.2) is 47.2 Å². The van der Waals surface area contributed by atoms with E-state index in [2.05, 4.69) is 20.9 Å². The van der Waals surface area contributed by atoms with Crippen molar-refractivity contribution in [1.82, 2.24) is 20.5 Å². The summed E-state index contributed by atoms with van der Waals surface area (Å²) >= 11 is 0. The molecule has 3 amide bonds. The number of benzene rings is 2. The first kappa shape index (κ1) is 22.7. The van der Waals surface area contributed by atoms with Crippen LogP contribution in [0.25, 0.3) is 0 Å². The zero-order chi connectivity index (χ0) is 24.3. The molecule has 35 heavy (non-hydrogen) atoms. The van der Waals surface area contributed by atoms with Gasteiger partial charge >= 0.3 is 6.03 Å². The Morgan fingerprint density at radius 3 is 2.43 bits per heavy atom. The Balaban J connectivity index is 1.18. The first-order valence-corrected chi connectivity index (χ1v) is 11.7. The lowest BCUT2D eigenvalue weighted by molar-refractivity contribution is 0.0795. The maximum absolute atomic E-state index is 13.2. The molecule has 0 saturated carbocycles. The maximum Gasteiger partial charge on any atom is 0.322 e. The summed E-state index contributed by atoms with van der Waals surface area (Å²) in [5.74, 6) is -0.209. The van der Waals surface area contributed by atoms with Crippen LogP contribution in [0.4, 0.5) is 10.5 Å². The number of fused-ring (bicyclic) bond motifs is 1. The molecular weight excluding hydrogens is 442 g/mol. The van der Waals surface area contributed by atoms with E-state index in [9.17, 15) is 14.4 Å². The lowest BCUT2D eigenvalue weighted by Crippen LogP contribution is -2.44. The number of carbonyl (C=O) groups is 3. The Bertz CT molecular complexity index is 1210. The Morgan fingerprint density at radius 1 is 0.943 bits per heavy atom. The van der Waals surface area contributed by atoms with E-state index in [0.29, 0.717) is 42.9 Å². The molecule has 1 atom stereocenters. The molecule has 1 saturated heterocycles. The molecule has 2 aromatic carbocycles. The Kier molecular flexibility index (Phi) is 6.29. The molecule has 3 N–H and O–H groups in total. The van der Waals surface area contributed by atoms with E-state index in [1.807, 2.05) is 36.4 Å². The second-order valence-electron chi connectivity index (χ2n) is 9.09. The molecule has 8 heteroatoms. The number of hydrogen-bond donors (Lipinski definition) is 3. The van der Waals surface area contributed by atoms with Crippen LogP contribution in [0.2, 0.25) is 0 Å². The van der Waals surface area contributed by atoms with E-state index < -0.39 is 5.41 Å². The summed E-state index contributed by atoms with van der Waals surface area (Å²) in [5.41, 5.74) is 3.22. The summed E-state index contributed by atoms with van der Waals surface area (Å²) in [7, 11) is 0. The molecule has 178 valence electrons. The van der Waals surface area contributed by atoms with E-state index >= 15 is 0 Å². The smallest absolute Gasteiger partial charge is 0.322 e. The third-order valence-electron chi connectivity index (χ3n) is 6.76. The van der Waals surface area contributed by atoms with E-state index in [4.69, 9.17) is 0 Å². The van der Waals surface area contributed by atoms with Crippen LogP contribution in [-0.2, 0) is 13.1 Å². The summed E-state index contributed by atoms with van der Waals surface area (Å²) in [4.78, 5) is 44.5. The van der Waals surface area contributed by atoms with Gasteiger partial charge < -0.3 is 20.9 Å². The number of nitrogens with one attached hydrogen (secondary N) is 3. The largest absolute Gasteiger partial charge is 0.351 e. The topological polar surface area (TPSA) is 103 Å². The Morgan fingerprint density at radius 2 is 1.71 bits per heavy atom. The van der Waals surface area contributed by atoms with Gasteiger partial charge in [0.05, 0.1) is 5.41 Å². The van der Waals surface area contributed by atoms with Crippen LogP contribution in [0.5, 0.6) is 0 Å². The lowest BCUT2D eigenvalue weighted by Gasteiger charge is -2.27. The minimum absolute atomic E-state index is 0.0429. The molecule has 0 aliphatic carbocycles. The van der Waals surface area contributed by atoms with Crippen molar-refractivity contribution in [3.63, 3.8) is 0 Å². The van der Waals surface area contributed by atoms with Gasteiger partial charge in [0, 0.05) is 55.4 Å². The van der Waals surface area contributed by atoms with Gasteiger partial charge in [0.1, 0.15) is 0 Å². The molecule has 0 radical (unpaired) electrons. The summed E-state index contributed by atoms with van der Waals surface area (Å²) in [6.45, 7) is 2.59. The molecule has 0 unspecified atom stereocenters. The minimum Gasteiger partial charge on any atom is -0.351 e. The van der Waals surface area contributed by atoms with Gasteiger partial charge in [-0.05, 0) is 54.4 Å². The monoisotopic (exact) mass is 469 g/mol. The molecule has 2 aliphatic rings. The number of ketones is 1. The Hall–Kier alpha value is -4.04. The third kappa shape index (κ3) is 4.79. The molecule has 1 fully saturated rings. The van der Waals surface area contributed by atoms with Gasteiger partial charge in [0.15, 0.2) is 5.78 Å². The zero-order valence-corrected chi connectivity index (χ0v) is 19.3. The van der Waals surface area contributed by atoms with Crippen molar-refractivity contribution in [1.29, 1.82) is 0 Å². The maximum atomic E-state index is 13.2. The van der Waals surface area contributed by atoms with Crippen LogP contribution < -0.4 is 16.0 Å². The highest BCUT2D eigenvalue weighted by Crippen LogP contribution is 2.30. The minimum atomic E-state index is -0.659. The van der Waals surface area contributed by atoms with E-state index in [-0.39, 0.29) is 24.3 Å². The number of anilines is 1. The van der Waals surface area contributed by atoms with Gasteiger partial charge in [-0.25, -0.2) is 4.79 Å². The second-order valence-corrected chi connectivity index (χ2v) is 9.09. The molecule has 3 aromatic rings.